The summed E-state index contributed by atoms with van der Waals surface area (Å²) in [4.78, 5) is 12.4. The first-order chi connectivity index (χ1) is 10.4. The Morgan fingerprint density at radius 3 is 2.82 bits per heavy atom. The minimum absolute atomic E-state index is 0.00678. The molecule has 2 heterocycles. The molecule has 3 rings (SSSR count). The van der Waals surface area contributed by atoms with Crippen LogP contribution in [-0.2, 0) is 9.84 Å². The summed E-state index contributed by atoms with van der Waals surface area (Å²) in [5, 5.41) is 9.48. The van der Waals surface area contributed by atoms with Gasteiger partial charge in [-0.15, -0.1) is 0 Å². The number of amides is 1. The smallest absolute Gasteiger partial charge is 0.251 e. The number of aromatic nitrogens is 2. The zero-order chi connectivity index (χ0) is 15.8. The third-order valence-electron chi connectivity index (χ3n) is 3.87. The summed E-state index contributed by atoms with van der Waals surface area (Å²) in [6.45, 7) is 1.77. The summed E-state index contributed by atoms with van der Waals surface area (Å²) in [7, 11) is -3.05. The average molecular weight is 319 g/mol. The topological polar surface area (TPSA) is 91.9 Å². The molecule has 1 amide bonds. The Bertz CT molecular complexity index is 799. The number of nitrogens with one attached hydrogen (secondary N) is 2. The van der Waals surface area contributed by atoms with Gasteiger partial charge in [0.15, 0.2) is 9.84 Å². The lowest BCUT2D eigenvalue weighted by atomic mass is 10.0. The van der Waals surface area contributed by atoms with Crippen LogP contribution in [0.4, 0.5) is 0 Å². The van der Waals surface area contributed by atoms with Gasteiger partial charge in [-0.05, 0) is 31.0 Å². The van der Waals surface area contributed by atoms with Crippen LogP contribution < -0.4 is 5.32 Å². The Balaban J connectivity index is 1.80. The van der Waals surface area contributed by atoms with Crippen molar-refractivity contribution in [3.05, 3.63) is 42.2 Å². The fourth-order valence-corrected chi connectivity index (χ4v) is 4.80. The monoisotopic (exact) mass is 319 g/mol. The Kier molecular flexibility index (Phi) is 3.52. The van der Waals surface area contributed by atoms with E-state index >= 15 is 0 Å². The van der Waals surface area contributed by atoms with Crippen molar-refractivity contribution in [2.45, 2.75) is 18.9 Å². The van der Waals surface area contributed by atoms with Gasteiger partial charge in [-0.1, -0.05) is 12.1 Å². The van der Waals surface area contributed by atoms with E-state index in [1.165, 1.54) is 0 Å². The minimum atomic E-state index is -3.05. The third kappa shape index (κ3) is 3.04. The van der Waals surface area contributed by atoms with Crippen LogP contribution in [0.15, 0.2) is 36.7 Å². The Labute approximate surface area is 128 Å². The maximum atomic E-state index is 12.4. The lowest BCUT2D eigenvalue weighted by molar-refractivity contribution is 0.0915. The first-order valence-corrected chi connectivity index (χ1v) is 8.81. The van der Waals surface area contributed by atoms with Gasteiger partial charge in [0, 0.05) is 17.3 Å². The first-order valence-electron chi connectivity index (χ1n) is 6.99. The van der Waals surface area contributed by atoms with Crippen LogP contribution in [0.1, 0.15) is 23.7 Å². The molecule has 6 nitrogen and oxygen atoms in total. The molecule has 1 aromatic heterocycles. The number of aromatic amines is 1. The second-order valence-electron chi connectivity index (χ2n) is 5.92. The fourth-order valence-electron chi connectivity index (χ4n) is 2.70. The van der Waals surface area contributed by atoms with Gasteiger partial charge in [0.25, 0.3) is 5.91 Å². The van der Waals surface area contributed by atoms with Crippen molar-refractivity contribution in [3.8, 4) is 11.1 Å². The van der Waals surface area contributed by atoms with E-state index in [0.717, 1.165) is 11.1 Å². The van der Waals surface area contributed by atoms with E-state index < -0.39 is 15.4 Å². The van der Waals surface area contributed by atoms with Crippen LogP contribution in [0.3, 0.4) is 0 Å². The molecule has 2 N–H and O–H groups in total. The molecule has 0 spiro atoms. The number of H-pyrrole nitrogens is 1. The number of rotatable bonds is 3. The molecule has 7 heteroatoms. The number of hydrogen-bond acceptors (Lipinski definition) is 4. The minimum Gasteiger partial charge on any atom is -0.346 e. The quantitative estimate of drug-likeness (QED) is 0.894. The van der Waals surface area contributed by atoms with E-state index in [0.29, 0.717) is 12.0 Å². The molecule has 0 bridgehead atoms. The van der Waals surface area contributed by atoms with Gasteiger partial charge in [-0.3, -0.25) is 9.89 Å². The fraction of sp³-hybridized carbons (Fsp3) is 0.333. The number of hydrogen-bond donors (Lipinski definition) is 2. The van der Waals surface area contributed by atoms with Crippen LogP contribution in [0.25, 0.3) is 11.1 Å². The van der Waals surface area contributed by atoms with Gasteiger partial charge in [0.05, 0.1) is 23.2 Å². The highest BCUT2D eigenvalue weighted by molar-refractivity contribution is 7.91. The zero-order valence-corrected chi connectivity index (χ0v) is 13.0. The van der Waals surface area contributed by atoms with Crippen LogP contribution >= 0.6 is 0 Å². The highest BCUT2D eigenvalue weighted by Crippen LogP contribution is 2.24. The molecule has 1 aliphatic heterocycles. The lowest BCUT2D eigenvalue weighted by Gasteiger charge is -2.24. The van der Waals surface area contributed by atoms with Crippen molar-refractivity contribution in [1.82, 2.24) is 15.5 Å². The van der Waals surface area contributed by atoms with Gasteiger partial charge >= 0.3 is 0 Å². The summed E-state index contributed by atoms with van der Waals surface area (Å²) in [5.41, 5.74) is 1.58. The van der Waals surface area contributed by atoms with Crippen LogP contribution in [0.5, 0.6) is 0 Å². The molecule has 0 unspecified atom stereocenters. The second-order valence-corrected chi connectivity index (χ2v) is 8.11. The van der Waals surface area contributed by atoms with E-state index in [1.807, 2.05) is 6.07 Å². The summed E-state index contributed by atoms with van der Waals surface area (Å²) >= 11 is 0. The maximum absolute atomic E-state index is 12.4. The molecule has 1 atom stereocenters. The van der Waals surface area contributed by atoms with Crippen LogP contribution in [0, 0.1) is 0 Å². The molecule has 116 valence electrons. The summed E-state index contributed by atoms with van der Waals surface area (Å²) in [5.74, 6) is -0.142. The number of nitrogens with zero attached hydrogens (tertiary/aromatic N) is 1. The van der Waals surface area contributed by atoms with Gasteiger partial charge in [-0.2, -0.15) is 5.10 Å². The molecule has 0 radical (unpaired) electrons. The lowest BCUT2D eigenvalue weighted by Crippen LogP contribution is -2.46. The highest BCUT2D eigenvalue weighted by atomic mass is 32.2. The predicted octanol–water partition coefficient (Wildman–Crippen LogP) is 1.38. The Hall–Kier alpha value is -2.15. The van der Waals surface area contributed by atoms with Crippen molar-refractivity contribution in [2.24, 2.45) is 0 Å². The molecule has 1 aromatic carbocycles. The van der Waals surface area contributed by atoms with Crippen LogP contribution in [0.2, 0.25) is 0 Å². The zero-order valence-electron chi connectivity index (χ0n) is 12.2. The molecule has 0 saturated carbocycles. The normalized spacial score (nSPS) is 23.3. The number of sulfone groups is 1. The number of carbonyl (C=O) groups excluding carboxylic acids is 1. The van der Waals surface area contributed by atoms with Crippen molar-refractivity contribution in [3.63, 3.8) is 0 Å². The molecule has 2 aromatic rings. The van der Waals surface area contributed by atoms with Crippen molar-refractivity contribution < 1.29 is 13.2 Å². The molecule has 22 heavy (non-hydrogen) atoms. The van der Waals surface area contributed by atoms with E-state index in [9.17, 15) is 13.2 Å². The molecule has 0 aliphatic carbocycles. The number of benzene rings is 1. The van der Waals surface area contributed by atoms with Gasteiger partial charge < -0.3 is 5.32 Å². The van der Waals surface area contributed by atoms with Gasteiger partial charge in [0.1, 0.15) is 0 Å². The van der Waals surface area contributed by atoms with E-state index in [2.05, 4.69) is 15.5 Å². The highest BCUT2D eigenvalue weighted by Gasteiger charge is 2.39. The SMILES string of the molecule is C[C@@]1(NC(=O)c2cccc(-c3cn[nH]c3)c2)CCS(=O)(=O)C1. The second kappa shape index (κ2) is 5.24. The van der Waals surface area contributed by atoms with Crippen LogP contribution in [-0.4, -0.2) is 41.6 Å². The van der Waals surface area contributed by atoms with Crippen molar-refractivity contribution in [1.29, 1.82) is 0 Å². The Morgan fingerprint density at radius 2 is 2.18 bits per heavy atom. The summed E-state index contributed by atoms with van der Waals surface area (Å²) in [6, 6.07) is 7.17. The third-order valence-corrected chi connectivity index (χ3v) is 5.78. The predicted molar refractivity (Wildman–Crippen MR) is 83.2 cm³/mol. The standard InChI is InChI=1S/C15H17N3O3S/c1-15(5-6-22(20,21)10-15)18-14(19)12-4-2-3-11(7-12)13-8-16-17-9-13/h2-4,7-9H,5-6,10H2,1H3,(H,16,17)(H,18,19)/t15-/m1/s1. The molecular formula is C15H17N3O3S. The van der Waals surface area contributed by atoms with Crippen molar-refractivity contribution in [2.75, 3.05) is 11.5 Å². The maximum Gasteiger partial charge on any atom is 0.251 e. The molecule has 1 saturated heterocycles. The Morgan fingerprint density at radius 1 is 1.36 bits per heavy atom. The molecule has 1 aliphatic rings. The van der Waals surface area contributed by atoms with Gasteiger partial charge in [0.2, 0.25) is 0 Å². The van der Waals surface area contributed by atoms with E-state index in [4.69, 9.17) is 0 Å². The average Bonchev–Trinajstić information content (AvgIpc) is 3.07. The van der Waals surface area contributed by atoms with Gasteiger partial charge in [-0.25, -0.2) is 8.42 Å². The van der Waals surface area contributed by atoms with E-state index in [-0.39, 0.29) is 17.4 Å². The van der Waals surface area contributed by atoms with Crippen molar-refractivity contribution >= 4 is 15.7 Å². The summed E-state index contributed by atoms with van der Waals surface area (Å²) in [6.07, 6.45) is 3.88. The number of carbonyl (C=O) groups is 1. The molecule has 1 fully saturated rings. The van der Waals surface area contributed by atoms with E-state index in [1.54, 1.807) is 37.5 Å². The summed E-state index contributed by atoms with van der Waals surface area (Å²) < 4.78 is 23.2. The first kappa shape index (κ1) is 14.8. The molecular weight excluding hydrogens is 302 g/mol. The largest absolute Gasteiger partial charge is 0.346 e.